The number of amides is 1. The molecule has 0 radical (unpaired) electrons. The van der Waals surface area contributed by atoms with Gasteiger partial charge < -0.3 is 19.4 Å². The first-order valence-electron chi connectivity index (χ1n) is 11.0. The molecule has 4 rings (SSSR count). The van der Waals surface area contributed by atoms with E-state index in [2.05, 4.69) is 30.3 Å². The molecular formula is C26H28N4O4. The summed E-state index contributed by atoms with van der Waals surface area (Å²) in [5, 5.41) is 7.43. The maximum absolute atomic E-state index is 13.0. The Labute approximate surface area is 197 Å². The molecule has 34 heavy (non-hydrogen) atoms. The van der Waals surface area contributed by atoms with Crippen LogP contribution in [0.1, 0.15) is 23.1 Å². The summed E-state index contributed by atoms with van der Waals surface area (Å²) in [6, 6.07) is 13.3. The molecule has 0 spiro atoms. The van der Waals surface area contributed by atoms with Gasteiger partial charge in [0.15, 0.2) is 0 Å². The Kier molecular flexibility index (Phi) is 6.67. The average Bonchev–Trinajstić information content (AvgIpc) is 3.29. The molecule has 176 valence electrons. The molecule has 8 nitrogen and oxygen atoms in total. The topological polar surface area (TPSA) is 86.9 Å². The minimum atomic E-state index is -0.188. The fraction of sp³-hybridized carbons (Fsp3) is 0.269. The van der Waals surface area contributed by atoms with Gasteiger partial charge in [0, 0.05) is 43.0 Å². The fourth-order valence-corrected chi connectivity index (χ4v) is 3.77. The molecule has 2 heterocycles. The van der Waals surface area contributed by atoms with Gasteiger partial charge in [-0.3, -0.25) is 9.59 Å². The van der Waals surface area contributed by atoms with E-state index < -0.39 is 0 Å². The number of hydrogen-bond donors (Lipinski definition) is 1. The van der Waals surface area contributed by atoms with Gasteiger partial charge >= 0.3 is 0 Å². The van der Waals surface area contributed by atoms with Crippen LogP contribution >= 0.6 is 0 Å². The van der Waals surface area contributed by atoms with Crippen LogP contribution in [0.25, 0.3) is 16.8 Å². The van der Waals surface area contributed by atoms with Crippen LogP contribution in [-0.4, -0.2) is 34.3 Å². The Hall–Kier alpha value is -4.07. The van der Waals surface area contributed by atoms with E-state index in [0.29, 0.717) is 23.6 Å². The third kappa shape index (κ3) is 4.80. The second-order valence-corrected chi connectivity index (χ2v) is 8.16. The van der Waals surface area contributed by atoms with Gasteiger partial charge in [0.05, 0.1) is 19.9 Å². The number of benzene rings is 2. The fourth-order valence-electron chi connectivity index (χ4n) is 3.77. The van der Waals surface area contributed by atoms with Crippen LogP contribution in [0.15, 0.2) is 59.7 Å². The minimum Gasteiger partial charge on any atom is -0.497 e. The maximum Gasteiger partial charge on any atom is 0.276 e. The summed E-state index contributed by atoms with van der Waals surface area (Å²) >= 11 is 0. The van der Waals surface area contributed by atoms with Crippen molar-refractivity contribution in [3.63, 3.8) is 0 Å². The molecule has 2 aromatic carbocycles. The molecule has 0 saturated heterocycles. The molecule has 0 saturated carbocycles. The lowest BCUT2D eigenvalue weighted by Gasteiger charge is -2.12. The monoisotopic (exact) mass is 460 g/mol. The zero-order valence-corrected chi connectivity index (χ0v) is 19.8. The highest BCUT2D eigenvalue weighted by molar-refractivity contribution is 5.76. The van der Waals surface area contributed by atoms with Crippen molar-refractivity contribution in [3.05, 3.63) is 81.9 Å². The number of hydrogen-bond acceptors (Lipinski definition) is 5. The summed E-state index contributed by atoms with van der Waals surface area (Å²) < 4.78 is 13.7. The smallest absolute Gasteiger partial charge is 0.276 e. The van der Waals surface area contributed by atoms with E-state index in [1.807, 2.05) is 18.2 Å². The molecule has 1 N–H and O–H groups in total. The van der Waals surface area contributed by atoms with Gasteiger partial charge in [-0.25, -0.2) is 4.52 Å². The number of nitrogens with one attached hydrogen (secondary N) is 1. The average molecular weight is 461 g/mol. The SMILES string of the molecule is COc1ccc(OC)c(CNC(=O)CCn2ccn3nc(-c4ccc(C)c(C)c4)cc3c2=O)c1. The van der Waals surface area contributed by atoms with Gasteiger partial charge in [-0.1, -0.05) is 12.1 Å². The Balaban J connectivity index is 1.44. The first-order valence-corrected chi connectivity index (χ1v) is 11.0. The van der Waals surface area contributed by atoms with Crippen molar-refractivity contribution in [1.29, 1.82) is 0 Å². The van der Waals surface area contributed by atoms with Crippen molar-refractivity contribution >= 4 is 11.4 Å². The van der Waals surface area contributed by atoms with E-state index in [-0.39, 0.29) is 24.4 Å². The van der Waals surface area contributed by atoms with Crippen LogP contribution in [0.5, 0.6) is 11.5 Å². The quantitative estimate of drug-likeness (QED) is 0.435. The zero-order chi connectivity index (χ0) is 24.2. The van der Waals surface area contributed by atoms with Gasteiger partial charge in [0.25, 0.3) is 5.56 Å². The van der Waals surface area contributed by atoms with E-state index in [0.717, 1.165) is 16.8 Å². The second-order valence-electron chi connectivity index (χ2n) is 8.16. The predicted octanol–water partition coefficient (Wildman–Crippen LogP) is 3.50. The summed E-state index contributed by atoms with van der Waals surface area (Å²) in [7, 11) is 3.17. The number of fused-ring (bicyclic) bond motifs is 1. The van der Waals surface area contributed by atoms with E-state index in [1.54, 1.807) is 49.3 Å². The molecule has 1 amide bonds. The molecule has 0 aliphatic carbocycles. The predicted molar refractivity (Wildman–Crippen MR) is 130 cm³/mol. The van der Waals surface area contributed by atoms with Gasteiger partial charge in [-0.15, -0.1) is 0 Å². The number of rotatable bonds is 8. The lowest BCUT2D eigenvalue weighted by Crippen LogP contribution is -2.27. The van der Waals surface area contributed by atoms with Crippen molar-refractivity contribution in [3.8, 4) is 22.8 Å². The van der Waals surface area contributed by atoms with E-state index in [4.69, 9.17) is 9.47 Å². The van der Waals surface area contributed by atoms with Crippen molar-refractivity contribution in [1.82, 2.24) is 19.5 Å². The number of aromatic nitrogens is 3. The number of aryl methyl sites for hydroxylation is 3. The zero-order valence-electron chi connectivity index (χ0n) is 19.8. The maximum atomic E-state index is 13.0. The van der Waals surface area contributed by atoms with Crippen LogP contribution in [0.3, 0.4) is 0 Å². The Morgan fingerprint density at radius 1 is 1.00 bits per heavy atom. The summed E-state index contributed by atoms with van der Waals surface area (Å²) in [5.74, 6) is 1.19. The highest BCUT2D eigenvalue weighted by Gasteiger charge is 2.12. The van der Waals surface area contributed by atoms with E-state index in [9.17, 15) is 9.59 Å². The standard InChI is InChI=1S/C26H28N4O4/c1-17-5-6-19(13-18(17)2)22-15-23-26(32)29(11-12-30(23)28-22)10-9-25(31)27-16-20-14-21(33-3)7-8-24(20)34-4/h5-8,11-15H,9-10,16H2,1-4H3,(H,27,31). The molecule has 0 atom stereocenters. The summed E-state index contributed by atoms with van der Waals surface area (Å²) in [6.45, 7) is 4.68. The normalized spacial score (nSPS) is 10.9. The molecular weight excluding hydrogens is 432 g/mol. The van der Waals surface area contributed by atoms with Gasteiger partial charge in [-0.2, -0.15) is 5.10 Å². The molecule has 0 unspecified atom stereocenters. The number of carbonyl (C=O) groups excluding carboxylic acids is 1. The van der Waals surface area contributed by atoms with Crippen LogP contribution in [0.4, 0.5) is 0 Å². The molecule has 4 aromatic rings. The molecule has 0 aliphatic heterocycles. The Morgan fingerprint density at radius 3 is 2.56 bits per heavy atom. The highest BCUT2D eigenvalue weighted by Crippen LogP contribution is 2.24. The summed E-state index contributed by atoms with van der Waals surface area (Å²) in [5.41, 5.74) is 5.17. The molecule has 0 fully saturated rings. The molecule has 8 heteroatoms. The van der Waals surface area contributed by atoms with Gasteiger partial charge in [0.1, 0.15) is 17.0 Å². The van der Waals surface area contributed by atoms with Crippen molar-refractivity contribution in [2.45, 2.75) is 33.4 Å². The number of methoxy groups -OCH3 is 2. The van der Waals surface area contributed by atoms with Crippen molar-refractivity contribution in [2.75, 3.05) is 14.2 Å². The third-order valence-corrected chi connectivity index (χ3v) is 5.95. The van der Waals surface area contributed by atoms with Crippen LogP contribution in [-0.2, 0) is 17.9 Å². The second kappa shape index (κ2) is 9.82. The summed E-state index contributed by atoms with van der Waals surface area (Å²) in [6.07, 6.45) is 3.56. The summed E-state index contributed by atoms with van der Waals surface area (Å²) in [4.78, 5) is 25.4. The largest absolute Gasteiger partial charge is 0.497 e. The Morgan fingerprint density at radius 2 is 1.82 bits per heavy atom. The van der Waals surface area contributed by atoms with Crippen molar-refractivity contribution in [2.24, 2.45) is 0 Å². The number of ether oxygens (including phenoxy) is 2. The molecule has 2 aromatic heterocycles. The number of carbonyl (C=O) groups is 1. The molecule has 0 aliphatic rings. The van der Waals surface area contributed by atoms with E-state index in [1.165, 1.54) is 15.7 Å². The Bertz CT molecular complexity index is 1400. The third-order valence-electron chi connectivity index (χ3n) is 5.95. The lowest BCUT2D eigenvalue weighted by atomic mass is 10.0. The van der Waals surface area contributed by atoms with Crippen molar-refractivity contribution < 1.29 is 14.3 Å². The van der Waals surface area contributed by atoms with E-state index >= 15 is 0 Å². The van der Waals surface area contributed by atoms with Crippen LogP contribution < -0.4 is 20.3 Å². The van der Waals surface area contributed by atoms with Gasteiger partial charge in [-0.05, 0) is 55.3 Å². The number of nitrogens with zero attached hydrogens (tertiary/aromatic N) is 3. The first-order chi connectivity index (χ1) is 16.4. The highest BCUT2D eigenvalue weighted by atomic mass is 16.5. The van der Waals surface area contributed by atoms with Crippen LogP contribution in [0.2, 0.25) is 0 Å². The first kappa shape index (κ1) is 23.1. The van der Waals surface area contributed by atoms with Gasteiger partial charge in [0.2, 0.25) is 5.91 Å². The van der Waals surface area contributed by atoms with Crippen LogP contribution in [0, 0.1) is 13.8 Å². The lowest BCUT2D eigenvalue weighted by molar-refractivity contribution is -0.121. The minimum absolute atomic E-state index is 0.166. The molecule has 0 bridgehead atoms.